The zero-order valence-corrected chi connectivity index (χ0v) is 16.0. The van der Waals surface area contributed by atoms with Crippen LogP contribution in [0.1, 0.15) is 41.7 Å². The summed E-state index contributed by atoms with van der Waals surface area (Å²) in [6.45, 7) is 1.85. The number of pyridine rings is 1. The zero-order valence-electron chi connectivity index (χ0n) is 15.3. The summed E-state index contributed by atoms with van der Waals surface area (Å²) >= 11 is 6.05. The van der Waals surface area contributed by atoms with E-state index in [1.807, 2.05) is 13.0 Å². The standard InChI is InChI=1S/C20H18ClN5O2/c1-11-8-15(24-17-13-5-4-12(21)9-14(13)22-10-23-17)19(28)26-16(11)18(27)25-20(26)6-2-3-7-20/h4-5,8-10H,2-3,6-7H2,1H3,(H,25,27)(H,22,23,24). The minimum Gasteiger partial charge on any atom is -0.335 e. The fourth-order valence-corrected chi connectivity index (χ4v) is 4.58. The Morgan fingerprint density at radius 3 is 2.75 bits per heavy atom. The highest BCUT2D eigenvalue weighted by Gasteiger charge is 2.46. The number of carbonyl (C=O) groups is 1. The summed E-state index contributed by atoms with van der Waals surface area (Å²) in [6.07, 6.45) is 4.94. The van der Waals surface area contributed by atoms with Crippen LogP contribution in [0.5, 0.6) is 0 Å². The van der Waals surface area contributed by atoms with Crippen LogP contribution < -0.4 is 16.2 Å². The molecule has 0 radical (unpaired) electrons. The van der Waals surface area contributed by atoms with Gasteiger partial charge in [-0.15, -0.1) is 0 Å². The van der Waals surface area contributed by atoms with E-state index < -0.39 is 5.66 Å². The molecule has 1 amide bonds. The smallest absolute Gasteiger partial charge is 0.276 e. The number of benzene rings is 1. The molecule has 2 aliphatic rings. The highest BCUT2D eigenvalue weighted by molar-refractivity contribution is 6.31. The number of aromatic nitrogens is 3. The Morgan fingerprint density at radius 2 is 1.96 bits per heavy atom. The summed E-state index contributed by atoms with van der Waals surface area (Å²) in [6, 6.07) is 7.04. The second kappa shape index (κ2) is 6.04. The maximum absolute atomic E-state index is 13.4. The number of anilines is 2. The third-order valence-electron chi connectivity index (χ3n) is 5.66. The molecule has 1 fully saturated rings. The van der Waals surface area contributed by atoms with Crippen LogP contribution in [0.4, 0.5) is 11.5 Å². The molecule has 1 spiro atoms. The number of carbonyl (C=O) groups excluding carboxylic acids is 1. The number of nitrogens with zero attached hydrogens (tertiary/aromatic N) is 3. The van der Waals surface area contributed by atoms with E-state index in [4.69, 9.17) is 11.6 Å². The van der Waals surface area contributed by atoms with Crippen molar-refractivity contribution < 1.29 is 4.79 Å². The van der Waals surface area contributed by atoms with Crippen molar-refractivity contribution in [1.29, 1.82) is 0 Å². The van der Waals surface area contributed by atoms with E-state index in [0.717, 1.165) is 36.6 Å². The summed E-state index contributed by atoms with van der Waals surface area (Å²) < 4.78 is 1.65. The lowest BCUT2D eigenvalue weighted by Crippen LogP contribution is -2.45. The number of aryl methyl sites for hydroxylation is 1. The van der Waals surface area contributed by atoms with Crippen molar-refractivity contribution in [1.82, 2.24) is 19.9 Å². The van der Waals surface area contributed by atoms with Gasteiger partial charge < -0.3 is 10.6 Å². The SMILES string of the molecule is Cc1cc(Nc2ncnc3cc(Cl)ccc23)c(=O)n2c1C(=O)NC21CCCC1. The molecular formula is C20H18ClN5O2. The minimum atomic E-state index is -0.604. The van der Waals surface area contributed by atoms with E-state index in [-0.39, 0.29) is 11.5 Å². The Bertz CT molecular complexity index is 1200. The van der Waals surface area contributed by atoms with Crippen LogP contribution in [-0.2, 0) is 5.66 Å². The lowest BCUT2D eigenvalue weighted by molar-refractivity contribution is 0.0920. The molecule has 1 aromatic carbocycles. The average Bonchev–Trinajstić information content (AvgIpc) is 3.24. The van der Waals surface area contributed by atoms with Gasteiger partial charge in [-0.05, 0) is 62.4 Å². The normalized spacial score (nSPS) is 17.1. The Labute approximate surface area is 165 Å². The third-order valence-corrected chi connectivity index (χ3v) is 5.90. The van der Waals surface area contributed by atoms with Gasteiger partial charge in [0.2, 0.25) is 0 Å². The lowest BCUT2D eigenvalue weighted by Gasteiger charge is -2.26. The van der Waals surface area contributed by atoms with Gasteiger partial charge >= 0.3 is 0 Å². The first-order chi connectivity index (χ1) is 13.5. The van der Waals surface area contributed by atoms with E-state index in [2.05, 4.69) is 20.6 Å². The monoisotopic (exact) mass is 395 g/mol. The Morgan fingerprint density at radius 1 is 1.18 bits per heavy atom. The van der Waals surface area contributed by atoms with Gasteiger partial charge in [-0.2, -0.15) is 0 Å². The Balaban J connectivity index is 1.67. The highest BCUT2D eigenvalue weighted by atomic mass is 35.5. The van der Waals surface area contributed by atoms with Gasteiger partial charge in [0.25, 0.3) is 11.5 Å². The number of fused-ring (bicyclic) bond motifs is 3. The summed E-state index contributed by atoms with van der Waals surface area (Å²) in [7, 11) is 0. The molecule has 0 saturated heterocycles. The summed E-state index contributed by atoms with van der Waals surface area (Å²) in [4.78, 5) is 34.5. The number of amides is 1. The molecule has 5 rings (SSSR count). The summed E-state index contributed by atoms with van der Waals surface area (Å²) in [5.41, 5.74) is 1.46. The molecule has 2 N–H and O–H groups in total. The van der Waals surface area contributed by atoms with Crippen LogP contribution in [-0.4, -0.2) is 20.4 Å². The molecule has 7 nitrogen and oxygen atoms in total. The van der Waals surface area contributed by atoms with Crippen LogP contribution >= 0.6 is 11.6 Å². The van der Waals surface area contributed by atoms with Gasteiger partial charge in [-0.1, -0.05) is 11.6 Å². The van der Waals surface area contributed by atoms with E-state index in [1.54, 1.807) is 22.8 Å². The van der Waals surface area contributed by atoms with Crippen molar-refractivity contribution in [2.75, 3.05) is 5.32 Å². The number of hydrogen-bond acceptors (Lipinski definition) is 5. The molecule has 1 saturated carbocycles. The predicted molar refractivity (Wildman–Crippen MR) is 107 cm³/mol. The molecule has 1 aliphatic heterocycles. The molecular weight excluding hydrogens is 378 g/mol. The van der Waals surface area contributed by atoms with Crippen LogP contribution in [0.25, 0.3) is 10.9 Å². The van der Waals surface area contributed by atoms with Gasteiger partial charge in [0.1, 0.15) is 29.2 Å². The number of hydrogen-bond donors (Lipinski definition) is 2. The largest absolute Gasteiger partial charge is 0.335 e. The quantitative estimate of drug-likeness (QED) is 0.693. The van der Waals surface area contributed by atoms with Crippen molar-refractivity contribution >= 4 is 39.9 Å². The van der Waals surface area contributed by atoms with Gasteiger partial charge in [0.05, 0.1) is 5.52 Å². The maximum Gasteiger partial charge on any atom is 0.276 e. The Kier molecular flexibility index (Phi) is 3.71. The van der Waals surface area contributed by atoms with Crippen LogP contribution in [0.2, 0.25) is 5.02 Å². The molecule has 0 bridgehead atoms. The van der Waals surface area contributed by atoms with Crippen molar-refractivity contribution in [3.05, 3.63) is 57.2 Å². The van der Waals surface area contributed by atoms with Crippen molar-refractivity contribution in [3.63, 3.8) is 0 Å². The molecule has 3 heterocycles. The van der Waals surface area contributed by atoms with Gasteiger partial charge in [0.15, 0.2) is 0 Å². The van der Waals surface area contributed by atoms with Crippen molar-refractivity contribution in [3.8, 4) is 0 Å². The summed E-state index contributed by atoms with van der Waals surface area (Å²) in [5, 5.41) is 7.56. The predicted octanol–water partition coefficient (Wildman–Crippen LogP) is 3.47. The third kappa shape index (κ3) is 2.43. The zero-order chi connectivity index (χ0) is 19.5. The number of halogens is 1. The second-order valence-corrected chi connectivity index (χ2v) is 7.87. The van der Waals surface area contributed by atoms with E-state index in [9.17, 15) is 9.59 Å². The van der Waals surface area contributed by atoms with E-state index in [0.29, 0.717) is 27.7 Å². The van der Waals surface area contributed by atoms with Crippen LogP contribution in [0.3, 0.4) is 0 Å². The van der Waals surface area contributed by atoms with E-state index >= 15 is 0 Å². The van der Waals surface area contributed by atoms with Crippen LogP contribution in [0, 0.1) is 6.92 Å². The molecule has 0 atom stereocenters. The fraction of sp³-hybridized carbons (Fsp3) is 0.300. The highest BCUT2D eigenvalue weighted by Crippen LogP contribution is 2.39. The first-order valence-electron chi connectivity index (χ1n) is 9.25. The van der Waals surface area contributed by atoms with Crippen molar-refractivity contribution in [2.24, 2.45) is 0 Å². The van der Waals surface area contributed by atoms with Crippen LogP contribution in [0.15, 0.2) is 35.4 Å². The summed E-state index contributed by atoms with van der Waals surface area (Å²) in [5.74, 6) is 0.349. The molecule has 2 aromatic heterocycles. The molecule has 28 heavy (non-hydrogen) atoms. The van der Waals surface area contributed by atoms with Gasteiger partial charge in [-0.3, -0.25) is 14.2 Å². The van der Waals surface area contributed by atoms with Gasteiger partial charge in [0, 0.05) is 10.4 Å². The molecule has 1 aliphatic carbocycles. The fourth-order valence-electron chi connectivity index (χ4n) is 4.42. The van der Waals surface area contributed by atoms with Crippen molar-refractivity contribution in [2.45, 2.75) is 38.3 Å². The molecule has 0 unspecified atom stereocenters. The lowest BCUT2D eigenvalue weighted by atomic mass is 10.1. The maximum atomic E-state index is 13.4. The molecule has 142 valence electrons. The first-order valence-corrected chi connectivity index (χ1v) is 9.63. The first kappa shape index (κ1) is 17.2. The van der Waals surface area contributed by atoms with Gasteiger partial charge in [-0.25, -0.2) is 9.97 Å². The minimum absolute atomic E-state index is 0.176. The van der Waals surface area contributed by atoms with E-state index in [1.165, 1.54) is 6.33 Å². The average molecular weight is 396 g/mol. The second-order valence-electron chi connectivity index (χ2n) is 7.43. The topological polar surface area (TPSA) is 88.9 Å². The molecule has 3 aromatic rings. The molecule has 8 heteroatoms. The number of rotatable bonds is 2. The Hall–Kier alpha value is -2.93. The number of nitrogens with one attached hydrogen (secondary N) is 2.